The van der Waals surface area contributed by atoms with E-state index in [-0.39, 0.29) is 0 Å². The van der Waals surface area contributed by atoms with Gasteiger partial charge in [-0.1, -0.05) is 164 Å². The number of hydrogen-bond donors (Lipinski definition) is 0. The second-order valence-corrected chi connectivity index (χ2v) is 22.8. The lowest BCUT2D eigenvalue weighted by atomic mass is 10.0. The summed E-state index contributed by atoms with van der Waals surface area (Å²) in [6.45, 7) is 0. The Morgan fingerprint density at radius 3 is 0.852 bits per heavy atom. The van der Waals surface area contributed by atoms with Crippen LogP contribution < -0.4 is 0 Å². The number of benzene rings is 13. The molecule has 0 radical (unpaired) electrons. The van der Waals surface area contributed by atoms with Gasteiger partial charge in [0, 0.05) is 64.6 Å². The summed E-state index contributed by atoms with van der Waals surface area (Å²) in [7, 11) is 0. The van der Waals surface area contributed by atoms with Gasteiger partial charge in [0.1, 0.15) is 45.6 Å². The molecule has 19 aromatic rings. The molecule has 6 aromatic heterocycles. The van der Waals surface area contributed by atoms with E-state index in [2.05, 4.69) is 226 Å². The number of rotatable bonds is 6. The topological polar surface area (TPSA) is 102 Å². The van der Waals surface area contributed by atoms with Crippen LogP contribution in [0.3, 0.4) is 0 Å². The first kappa shape index (κ1) is 48.1. The van der Waals surface area contributed by atoms with Crippen LogP contribution in [0, 0.1) is 22.7 Å². The summed E-state index contributed by atoms with van der Waals surface area (Å²) in [5.74, 6) is 0. The maximum atomic E-state index is 12.2. The lowest BCUT2D eigenvalue weighted by Crippen LogP contribution is -2.13. The largest absolute Gasteiger partial charge is 0.456 e. The highest BCUT2D eigenvalue weighted by Crippen LogP contribution is 2.51. The van der Waals surface area contributed by atoms with E-state index in [9.17, 15) is 10.5 Å². The van der Waals surface area contributed by atoms with Crippen molar-refractivity contribution in [1.29, 1.82) is 10.5 Å². The number of nitriles is 2. The predicted molar refractivity (Wildman–Crippen MR) is 357 cm³/mol. The van der Waals surface area contributed by atoms with Gasteiger partial charge in [0.25, 0.3) is 0 Å². The molecule has 0 N–H and O–H groups in total. The van der Waals surface area contributed by atoms with E-state index in [0.717, 1.165) is 165 Å². The molecule has 0 fully saturated rings. The minimum atomic E-state index is 0.319. The van der Waals surface area contributed by atoms with Crippen molar-refractivity contribution in [2.75, 3.05) is 0 Å². The molecule has 8 heteroatoms. The van der Waals surface area contributed by atoms with Crippen molar-refractivity contribution >= 4 is 131 Å². The first-order valence-electron chi connectivity index (χ1n) is 29.4. The number of fused-ring (bicyclic) bond motifs is 21. The molecule has 6 heterocycles. The number of nitrogens with zero attached hydrogens (tertiary/aromatic N) is 5. The molecular weight excluding hydrogens is 1080 g/mol. The Morgan fingerprint density at radius 2 is 0.523 bits per heavy atom. The Morgan fingerprint density at radius 1 is 0.227 bits per heavy atom. The second kappa shape index (κ2) is 18.1. The summed E-state index contributed by atoms with van der Waals surface area (Å²) < 4.78 is 27.1. The summed E-state index contributed by atoms with van der Waals surface area (Å²) in [4.78, 5) is 0. The van der Waals surface area contributed by atoms with E-state index in [1.165, 1.54) is 0 Å². The summed E-state index contributed by atoms with van der Waals surface area (Å²) in [6, 6.07) is 96.0. The molecule has 19 rings (SSSR count). The van der Waals surface area contributed by atoms with Gasteiger partial charge in [-0.3, -0.25) is 0 Å². The van der Waals surface area contributed by atoms with Crippen molar-refractivity contribution in [2.24, 2.45) is 0 Å². The number of para-hydroxylation sites is 3. The highest BCUT2D eigenvalue weighted by atomic mass is 16.3. The molecule has 0 spiro atoms. The molecular formula is C80H43N5O3. The quantitative estimate of drug-likeness (QED) is 0.165. The standard InChI is InChI=1S/C80H43N5O3/c81-44-52-40-53(45-82)79(84-61-32-29-50(47-18-6-2-7-19-47)42-58(61)73-64(84)35-38-70-76(73)55-23-11-14-26-67(55)87-70)80(85-62-33-30-51(48-20-8-3-9-21-48)43-59(62)74-65(85)36-39-71-77(74)56-24-12-15-27-68(56)88-71)78(52)83-60-31-28-49(46-16-4-1-5-17-46)41-57(60)72-63(83)34-37-69-75(72)54-22-10-13-25-66(54)86-69/h1-43H. The third-order valence-corrected chi connectivity index (χ3v) is 18.3. The molecule has 0 saturated heterocycles. The normalized spacial score (nSPS) is 12.1. The summed E-state index contributed by atoms with van der Waals surface area (Å²) >= 11 is 0. The van der Waals surface area contributed by atoms with Crippen molar-refractivity contribution in [3.8, 4) is 62.6 Å². The van der Waals surface area contributed by atoms with Gasteiger partial charge in [0.2, 0.25) is 0 Å². The van der Waals surface area contributed by atoms with Gasteiger partial charge in [-0.05, 0) is 130 Å². The fourth-order valence-electron chi connectivity index (χ4n) is 14.6. The zero-order valence-corrected chi connectivity index (χ0v) is 46.8. The first-order chi connectivity index (χ1) is 43.6. The smallest absolute Gasteiger partial charge is 0.136 e. The Kier molecular flexibility index (Phi) is 9.87. The monoisotopic (exact) mass is 1120 g/mol. The molecule has 0 unspecified atom stereocenters. The van der Waals surface area contributed by atoms with Crippen LogP contribution in [0.2, 0.25) is 0 Å². The molecule has 0 saturated carbocycles. The zero-order chi connectivity index (χ0) is 57.9. The average Bonchev–Trinajstić information content (AvgIpc) is 1.65. The highest BCUT2D eigenvalue weighted by Gasteiger charge is 2.33. The first-order valence-corrected chi connectivity index (χ1v) is 29.4. The van der Waals surface area contributed by atoms with Gasteiger partial charge in [-0.25, -0.2) is 0 Å². The molecule has 0 amide bonds. The van der Waals surface area contributed by atoms with Gasteiger partial charge >= 0.3 is 0 Å². The van der Waals surface area contributed by atoms with Crippen LogP contribution in [0.15, 0.2) is 274 Å². The zero-order valence-electron chi connectivity index (χ0n) is 46.8. The van der Waals surface area contributed by atoms with Crippen LogP contribution in [0.4, 0.5) is 0 Å². The number of hydrogen-bond acceptors (Lipinski definition) is 5. The lowest BCUT2D eigenvalue weighted by Gasteiger charge is -2.24. The van der Waals surface area contributed by atoms with E-state index in [4.69, 9.17) is 13.3 Å². The molecule has 0 bridgehead atoms. The molecule has 406 valence electrons. The van der Waals surface area contributed by atoms with Crippen LogP contribution in [0.1, 0.15) is 11.1 Å². The molecule has 0 aliphatic rings. The Hall–Kier alpha value is -12.4. The van der Waals surface area contributed by atoms with Crippen LogP contribution in [-0.2, 0) is 0 Å². The number of furan rings is 3. The summed E-state index contributed by atoms with van der Waals surface area (Å²) in [6.07, 6.45) is 0. The van der Waals surface area contributed by atoms with E-state index in [1.54, 1.807) is 6.07 Å². The van der Waals surface area contributed by atoms with Gasteiger partial charge < -0.3 is 27.0 Å². The predicted octanol–water partition coefficient (Wildman–Crippen LogP) is 21.4. The van der Waals surface area contributed by atoms with E-state index in [1.807, 2.05) is 54.6 Å². The molecule has 0 aliphatic heterocycles. The summed E-state index contributed by atoms with van der Waals surface area (Å²) in [5, 5.41) is 36.1. The molecule has 0 aliphatic carbocycles. The van der Waals surface area contributed by atoms with Crippen molar-refractivity contribution < 1.29 is 13.3 Å². The minimum absolute atomic E-state index is 0.319. The van der Waals surface area contributed by atoms with Crippen molar-refractivity contribution in [1.82, 2.24) is 13.7 Å². The Bertz CT molecular complexity index is 6050. The maximum absolute atomic E-state index is 12.2. The van der Waals surface area contributed by atoms with E-state index < -0.39 is 0 Å². The van der Waals surface area contributed by atoms with Crippen molar-refractivity contribution in [2.45, 2.75) is 0 Å². The molecule has 88 heavy (non-hydrogen) atoms. The third-order valence-electron chi connectivity index (χ3n) is 18.3. The fourth-order valence-corrected chi connectivity index (χ4v) is 14.6. The van der Waals surface area contributed by atoms with Crippen LogP contribution in [0.5, 0.6) is 0 Å². The Balaban J connectivity index is 1.06. The number of aromatic nitrogens is 3. The molecule has 8 nitrogen and oxygen atoms in total. The third kappa shape index (κ3) is 6.60. The fraction of sp³-hybridized carbons (Fsp3) is 0. The van der Waals surface area contributed by atoms with Crippen LogP contribution in [-0.4, -0.2) is 13.7 Å². The minimum Gasteiger partial charge on any atom is -0.456 e. The molecule has 13 aromatic carbocycles. The Labute approximate surface area is 500 Å². The average molecular weight is 1120 g/mol. The van der Waals surface area contributed by atoms with Crippen LogP contribution in [0.25, 0.3) is 182 Å². The van der Waals surface area contributed by atoms with E-state index >= 15 is 0 Å². The van der Waals surface area contributed by atoms with Crippen molar-refractivity contribution in [3.05, 3.63) is 272 Å². The van der Waals surface area contributed by atoms with E-state index in [0.29, 0.717) is 28.2 Å². The van der Waals surface area contributed by atoms with Gasteiger partial charge in [0.15, 0.2) is 0 Å². The summed E-state index contributed by atoms with van der Waals surface area (Å²) in [5.41, 5.74) is 18.7. The maximum Gasteiger partial charge on any atom is 0.136 e. The SMILES string of the molecule is N#Cc1cc(C#N)c(-n2c3ccc(-c4ccccc4)cc3c3c4c(ccc32)oc2ccccc24)c(-n2c3ccc(-c4ccccc4)cc3c3c4c(ccc32)oc2ccccc24)c1-n1c2ccc(-c3ccccc3)cc2c2c3c(ccc21)oc1ccccc13. The lowest BCUT2D eigenvalue weighted by molar-refractivity contribution is 0.669. The molecule has 0 atom stereocenters. The van der Waals surface area contributed by atoms with Crippen molar-refractivity contribution in [3.63, 3.8) is 0 Å². The second-order valence-electron chi connectivity index (χ2n) is 22.8. The highest BCUT2D eigenvalue weighted by molar-refractivity contribution is 6.31. The van der Waals surface area contributed by atoms with Gasteiger partial charge in [-0.2, -0.15) is 10.5 Å². The van der Waals surface area contributed by atoms with Crippen LogP contribution >= 0.6 is 0 Å². The van der Waals surface area contributed by atoms with Gasteiger partial charge in [-0.15, -0.1) is 0 Å². The van der Waals surface area contributed by atoms with Gasteiger partial charge in [0.05, 0.1) is 61.3 Å².